The van der Waals surface area contributed by atoms with Crippen molar-refractivity contribution < 1.29 is 5.11 Å². The second-order valence-electron chi connectivity index (χ2n) is 11.6. The summed E-state index contributed by atoms with van der Waals surface area (Å²) in [7, 11) is 2.32. The molecule has 3 atom stereocenters. The van der Waals surface area contributed by atoms with Crippen LogP contribution in [0.1, 0.15) is 76.5 Å². The molecule has 1 saturated heterocycles. The van der Waals surface area contributed by atoms with Crippen LogP contribution in [0.5, 0.6) is 5.75 Å². The fourth-order valence-electron chi connectivity index (χ4n) is 7.25. The van der Waals surface area contributed by atoms with E-state index in [1.807, 2.05) is 0 Å². The number of fused-ring (bicyclic) bond motifs is 1. The molecule has 3 heteroatoms. The first-order chi connectivity index (χ1) is 14.7. The van der Waals surface area contributed by atoms with Gasteiger partial charge in [-0.05, 0) is 85.0 Å². The molecule has 2 aromatic rings. The van der Waals surface area contributed by atoms with Gasteiger partial charge < -0.3 is 15.3 Å². The lowest BCUT2D eigenvalue weighted by Crippen LogP contribution is -2.66. The van der Waals surface area contributed by atoms with E-state index in [0.717, 1.165) is 17.8 Å². The highest BCUT2D eigenvalue weighted by Gasteiger charge is 2.60. The van der Waals surface area contributed by atoms with Crippen LogP contribution in [0.25, 0.3) is 0 Å². The van der Waals surface area contributed by atoms with Crippen molar-refractivity contribution in [2.24, 2.45) is 5.41 Å². The van der Waals surface area contributed by atoms with Crippen molar-refractivity contribution in [3.8, 4) is 5.75 Å². The van der Waals surface area contributed by atoms with E-state index in [4.69, 9.17) is 0 Å². The third-order valence-electron chi connectivity index (χ3n) is 8.96. The quantitative estimate of drug-likeness (QED) is 0.546. The van der Waals surface area contributed by atoms with Gasteiger partial charge in [0.15, 0.2) is 0 Å². The molecular formula is C28H38N2O. The van der Waals surface area contributed by atoms with Crippen molar-refractivity contribution in [2.45, 2.75) is 83.1 Å². The van der Waals surface area contributed by atoms with Gasteiger partial charge in [-0.3, -0.25) is 0 Å². The Bertz CT molecular complexity index is 1010. The molecule has 1 aliphatic heterocycles. The SMILES string of the molecule is CN1CC[C@@]23CCCC[C@]2(C)[C@@H]1Cc1cc(Nc2ccccc2C(C)(C)C)c(O)cc13. The van der Waals surface area contributed by atoms with Crippen molar-refractivity contribution in [1.29, 1.82) is 0 Å². The molecule has 3 nitrogen and oxygen atoms in total. The van der Waals surface area contributed by atoms with Gasteiger partial charge in [-0.15, -0.1) is 0 Å². The first kappa shape index (κ1) is 20.9. The number of nitrogens with one attached hydrogen (secondary N) is 1. The average Bonchev–Trinajstić information content (AvgIpc) is 2.71. The molecule has 3 aliphatic rings. The topological polar surface area (TPSA) is 35.5 Å². The number of likely N-dealkylation sites (tertiary alicyclic amines) is 1. The van der Waals surface area contributed by atoms with E-state index in [9.17, 15) is 5.11 Å². The number of para-hydroxylation sites is 1. The molecule has 2 fully saturated rings. The number of benzene rings is 2. The predicted molar refractivity (Wildman–Crippen MR) is 130 cm³/mol. The number of phenolic OH excluding ortho intramolecular Hbond substituents is 1. The van der Waals surface area contributed by atoms with Gasteiger partial charge in [0.25, 0.3) is 0 Å². The lowest BCUT2D eigenvalue weighted by Gasteiger charge is -2.65. The van der Waals surface area contributed by atoms with Crippen molar-refractivity contribution in [1.82, 2.24) is 4.90 Å². The molecule has 5 rings (SSSR count). The Morgan fingerprint density at radius 3 is 2.55 bits per heavy atom. The summed E-state index contributed by atoms with van der Waals surface area (Å²) in [6.45, 7) is 10.4. The number of nitrogens with zero attached hydrogens (tertiary/aromatic N) is 1. The molecule has 31 heavy (non-hydrogen) atoms. The van der Waals surface area contributed by atoms with Gasteiger partial charge in [0.05, 0.1) is 5.69 Å². The van der Waals surface area contributed by atoms with E-state index in [1.165, 1.54) is 55.3 Å². The second kappa shape index (κ2) is 7.00. The standard InChI is InChI=1S/C28H38N2O/c1-26(2,3)20-10-6-7-11-22(20)29-23-16-19-17-25-27(4)12-8-9-13-28(27,14-15-30(25)5)21(19)18-24(23)31/h6-7,10-11,16,18,25,29,31H,8-9,12-15,17H2,1-5H3/t25-,27+,28+/m0/s1. The molecule has 2 bridgehead atoms. The van der Waals surface area contributed by atoms with Crippen LogP contribution >= 0.6 is 0 Å². The number of anilines is 2. The summed E-state index contributed by atoms with van der Waals surface area (Å²) in [6.07, 6.45) is 7.52. The summed E-state index contributed by atoms with van der Waals surface area (Å²) < 4.78 is 0. The molecule has 2 aliphatic carbocycles. The first-order valence-electron chi connectivity index (χ1n) is 12.1. The van der Waals surface area contributed by atoms with Crippen molar-refractivity contribution in [3.05, 3.63) is 53.1 Å². The highest BCUT2D eigenvalue weighted by Crippen LogP contribution is 2.63. The molecule has 1 saturated carbocycles. The van der Waals surface area contributed by atoms with Gasteiger partial charge in [-0.1, -0.05) is 58.7 Å². The normalized spacial score (nSPS) is 30.4. The lowest BCUT2D eigenvalue weighted by atomic mass is 9.45. The van der Waals surface area contributed by atoms with Gasteiger partial charge in [0, 0.05) is 17.1 Å². The number of phenols is 1. The van der Waals surface area contributed by atoms with Crippen molar-refractivity contribution in [2.75, 3.05) is 18.9 Å². The minimum Gasteiger partial charge on any atom is -0.506 e. The van der Waals surface area contributed by atoms with E-state index < -0.39 is 0 Å². The van der Waals surface area contributed by atoms with E-state index in [-0.39, 0.29) is 10.8 Å². The van der Waals surface area contributed by atoms with Crippen LogP contribution in [-0.4, -0.2) is 29.6 Å². The number of likely N-dealkylation sites (N-methyl/N-ethyl adjacent to an activating group) is 1. The van der Waals surface area contributed by atoms with Crippen LogP contribution in [0.4, 0.5) is 11.4 Å². The van der Waals surface area contributed by atoms with Gasteiger partial charge in [0.2, 0.25) is 0 Å². The molecule has 0 spiro atoms. The molecule has 2 N–H and O–H groups in total. The van der Waals surface area contributed by atoms with Crippen molar-refractivity contribution in [3.63, 3.8) is 0 Å². The second-order valence-corrected chi connectivity index (χ2v) is 11.6. The molecule has 1 heterocycles. The lowest BCUT2D eigenvalue weighted by molar-refractivity contribution is -0.0735. The summed E-state index contributed by atoms with van der Waals surface area (Å²) in [4.78, 5) is 2.61. The number of aromatic hydroxyl groups is 1. The highest BCUT2D eigenvalue weighted by atomic mass is 16.3. The molecule has 0 unspecified atom stereocenters. The summed E-state index contributed by atoms with van der Waals surface area (Å²) in [5, 5.41) is 14.8. The summed E-state index contributed by atoms with van der Waals surface area (Å²) in [6, 6.07) is 13.4. The maximum atomic E-state index is 11.2. The van der Waals surface area contributed by atoms with Crippen LogP contribution in [0.2, 0.25) is 0 Å². The van der Waals surface area contributed by atoms with Crippen molar-refractivity contribution >= 4 is 11.4 Å². The number of hydrogen-bond donors (Lipinski definition) is 2. The van der Waals surface area contributed by atoms with Crippen LogP contribution in [0.15, 0.2) is 36.4 Å². The maximum absolute atomic E-state index is 11.2. The first-order valence-corrected chi connectivity index (χ1v) is 12.1. The average molecular weight is 419 g/mol. The zero-order chi connectivity index (χ0) is 22.0. The summed E-state index contributed by atoms with van der Waals surface area (Å²) in [5.74, 6) is 0.391. The van der Waals surface area contributed by atoms with E-state index >= 15 is 0 Å². The van der Waals surface area contributed by atoms with Crippen LogP contribution in [0.3, 0.4) is 0 Å². The van der Waals surface area contributed by atoms with Gasteiger partial charge in [-0.25, -0.2) is 0 Å². The number of rotatable bonds is 2. The fourth-order valence-corrected chi connectivity index (χ4v) is 7.25. The van der Waals surface area contributed by atoms with E-state index in [0.29, 0.717) is 17.2 Å². The van der Waals surface area contributed by atoms with Crippen LogP contribution in [-0.2, 0) is 17.3 Å². The minimum atomic E-state index is 0.0377. The highest BCUT2D eigenvalue weighted by molar-refractivity contribution is 5.71. The molecule has 166 valence electrons. The molecule has 0 aromatic heterocycles. The largest absolute Gasteiger partial charge is 0.506 e. The Balaban J connectivity index is 1.60. The minimum absolute atomic E-state index is 0.0377. The molecule has 0 radical (unpaired) electrons. The fraction of sp³-hybridized carbons (Fsp3) is 0.571. The van der Waals surface area contributed by atoms with Gasteiger partial charge in [0.1, 0.15) is 5.75 Å². The Hall–Kier alpha value is -2.00. The monoisotopic (exact) mass is 418 g/mol. The van der Waals surface area contributed by atoms with Crippen LogP contribution < -0.4 is 5.32 Å². The summed E-state index contributed by atoms with van der Waals surface area (Å²) >= 11 is 0. The summed E-state index contributed by atoms with van der Waals surface area (Å²) in [5.41, 5.74) is 6.63. The molecule has 2 aromatic carbocycles. The molecular weight excluding hydrogens is 380 g/mol. The smallest absolute Gasteiger partial charge is 0.139 e. The number of piperidine rings is 1. The Morgan fingerprint density at radius 2 is 1.77 bits per heavy atom. The number of hydrogen-bond acceptors (Lipinski definition) is 3. The Morgan fingerprint density at radius 1 is 1.03 bits per heavy atom. The maximum Gasteiger partial charge on any atom is 0.139 e. The van der Waals surface area contributed by atoms with Gasteiger partial charge >= 0.3 is 0 Å². The third kappa shape index (κ3) is 3.03. The van der Waals surface area contributed by atoms with Gasteiger partial charge in [-0.2, -0.15) is 0 Å². The van der Waals surface area contributed by atoms with Crippen LogP contribution in [0, 0.1) is 5.41 Å². The predicted octanol–water partition coefficient (Wildman–Crippen LogP) is 6.51. The Kier molecular flexibility index (Phi) is 4.71. The zero-order valence-electron chi connectivity index (χ0n) is 19.9. The molecule has 0 amide bonds. The Labute approximate surface area is 187 Å². The van der Waals surface area contributed by atoms with E-state index in [1.54, 1.807) is 0 Å². The third-order valence-corrected chi connectivity index (χ3v) is 8.96. The van der Waals surface area contributed by atoms with E-state index in [2.05, 4.69) is 81.4 Å². The zero-order valence-corrected chi connectivity index (χ0v) is 19.9.